The molecule has 0 saturated carbocycles. The number of aliphatic hydroxyl groups excluding tert-OH is 1. The Morgan fingerprint density at radius 3 is 2.80 bits per heavy atom. The Labute approximate surface area is 87.4 Å². The SMILES string of the molecule is C=NC(F)=C1/C(=C\C)C(=O)N(CC)C1O. The summed E-state index contributed by atoms with van der Waals surface area (Å²) in [7, 11) is 0. The molecule has 0 bridgehead atoms. The summed E-state index contributed by atoms with van der Waals surface area (Å²) >= 11 is 0. The number of likely N-dealkylation sites (tertiary alicyclic amines) is 1. The second-order valence-electron chi connectivity index (χ2n) is 3.03. The van der Waals surface area contributed by atoms with E-state index < -0.39 is 12.2 Å². The van der Waals surface area contributed by atoms with Crippen LogP contribution in [-0.4, -0.2) is 35.4 Å². The molecule has 5 heteroatoms. The Bertz CT molecular complexity index is 360. The van der Waals surface area contributed by atoms with E-state index in [9.17, 15) is 14.3 Å². The van der Waals surface area contributed by atoms with Gasteiger partial charge in [0, 0.05) is 12.1 Å². The van der Waals surface area contributed by atoms with Crippen LogP contribution in [0.25, 0.3) is 0 Å². The molecule has 15 heavy (non-hydrogen) atoms. The van der Waals surface area contributed by atoms with E-state index in [-0.39, 0.29) is 17.1 Å². The highest BCUT2D eigenvalue weighted by atomic mass is 19.1. The van der Waals surface area contributed by atoms with Gasteiger partial charge in [-0.1, -0.05) is 6.08 Å². The second kappa shape index (κ2) is 4.35. The van der Waals surface area contributed by atoms with E-state index >= 15 is 0 Å². The third kappa shape index (κ3) is 1.70. The van der Waals surface area contributed by atoms with Crippen molar-refractivity contribution in [2.24, 2.45) is 4.99 Å². The maximum atomic E-state index is 13.3. The quantitative estimate of drug-likeness (QED) is 0.421. The summed E-state index contributed by atoms with van der Waals surface area (Å²) in [5.74, 6) is -1.29. The van der Waals surface area contributed by atoms with Crippen LogP contribution >= 0.6 is 0 Å². The molecule has 0 spiro atoms. The molecule has 0 radical (unpaired) electrons. The average Bonchev–Trinajstić information content (AvgIpc) is 2.48. The maximum Gasteiger partial charge on any atom is 0.256 e. The molecule has 1 N–H and O–H groups in total. The Morgan fingerprint density at radius 2 is 2.40 bits per heavy atom. The van der Waals surface area contributed by atoms with E-state index in [0.29, 0.717) is 6.54 Å². The van der Waals surface area contributed by atoms with Crippen molar-refractivity contribution in [3.8, 4) is 0 Å². The van der Waals surface area contributed by atoms with Gasteiger partial charge in [-0.15, -0.1) is 0 Å². The molecular weight excluding hydrogens is 199 g/mol. The number of halogens is 1. The lowest BCUT2D eigenvalue weighted by atomic mass is 10.1. The number of hydrogen-bond acceptors (Lipinski definition) is 3. The van der Waals surface area contributed by atoms with Gasteiger partial charge in [-0.3, -0.25) is 4.79 Å². The number of amides is 1. The highest BCUT2D eigenvalue weighted by molar-refractivity contribution is 6.01. The monoisotopic (exact) mass is 212 g/mol. The first kappa shape index (κ1) is 11.6. The topological polar surface area (TPSA) is 52.9 Å². The summed E-state index contributed by atoms with van der Waals surface area (Å²) in [4.78, 5) is 15.9. The van der Waals surface area contributed by atoms with Gasteiger partial charge in [-0.2, -0.15) is 4.39 Å². The number of carbonyl (C=O) groups excluding carboxylic acids is 1. The number of hydrogen-bond donors (Lipinski definition) is 1. The van der Waals surface area contributed by atoms with Crippen molar-refractivity contribution in [3.63, 3.8) is 0 Å². The summed E-state index contributed by atoms with van der Waals surface area (Å²) in [5, 5.41) is 9.70. The van der Waals surface area contributed by atoms with Crippen molar-refractivity contribution in [3.05, 3.63) is 23.2 Å². The zero-order valence-electron chi connectivity index (χ0n) is 8.70. The molecule has 82 valence electrons. The molecule has 0 aliphatic carbocycles. The van der Waals surface area contributed by atoms with Crippen molar-refractivity contribution in [1.29, 1.82) is 0 Å². The van der Waals surface area contributed by atoms with E-state index in [0.717, 1.165) is 4.90 Å². The van der Waals surface area contributed by atoms with Crippen LogP contribution in [0.5, 0.6) is 0 Å². The molecule has 1 aliphatic rings. The van der Waals surface area contributed by atoms with E-state index in [1.807, 2.05) is 0 Å². The fraction of sp³-hybridized carbons (Fsp3) is 0.400. The maximum absolute atomic E-state index is 13.3. The minimum Gasteiger partial charge on any atom is -0.369 e. The fourth-order valence-electron chi connectivity index (χ4n) is 1.57. The number of aliphatic imine (C=N–C) groups is 1. The Morgan fingerprint density at radius 1 is 1.80 bits per heavy atom. The normalized spacial score (nSPS) is 27.5. The summed E-state index contributed by atoms with van der Waals surface area (Å²) < 4.78 is 13.3. The van der Waals surface area contributed by atoms with Crippen LogP contribution in [0.2, 0.25) is 0 Å². The van der Waals surface area contributed by atoms with Crippen LogP contribution in [0.15, 0.2) is 28.2 Å². The van der Waals surface area contributed by atoms with Gasteiger partial charge in [0.2, 0.25) is 5.95 Å². The number of allylic oxidation sites excluding steroid dienone is 1. The van der Waals surface area contributed by atoms with Crippen molar-refractivity contribution >= 4 is 12.6 Å². The number of rotatable bonds is 2. The molecule has 1 aliphatic heterocycles. The highest BCUT2D eigenvalue weighted by Gasteiger charge is 2.39. The summed E-state index contributed by atoms with van der Waals surface area (Å²) in [6, 6.07) is 0. The third-order valence-corrected chi connectivity index (χ3v) is 2.33. The first-order chi connectivity index (χ1) is 7.08. The fourth-order valence-corrected chi connectivity index (χ4v) is 1.57. The molecular formula is C10H13FN2O2. The first-order valence-corrected chi connectivity index (χ1v) is 4.60. The number of likely N-dealkylation sites (N-methyl/N-ethyl adjacent to an activating group) is 1. The lowest BCUT2D eigenvalue weighted by Crippen LogP contribution is -2.33. The molecule has 0 aromatic heterocycles. The minimum absolute atomic E-state index is 0.0978. The lowest BCUT2D eigenvalue weighted by Gasteiger charge is -2.17. The molecule has 1 heterocycles. The van der Waals surface area contributed by atoms with E-state index in [1.165, 1.54) is 6.08 Å². The molecule has 1 rings (SSSR count). The molecule has 1 fully saturated rings. The molecule has 1 saturated heterocycles. The number of nitrogens with zero attached hydrogens (tertiary/aromatic N) is 2. The zero-order chi connectivity index (χ0) is 11.6. The minimum atomic E-state index is -1.26. The van der Waals surface area contributed by atoms with E-state index in [2.05, 4.69) is 11.7 Å². The first-order valence-electron chi connectivity index (χ1n) is 4.60. The zero-order valence-corrected chi connectivity index (χ0v) is 8.70. The predicted molar refractivity (Wildman–Crippen MR) is 54.8 cm³/mol. The molecule has 1 amide bonds. The number of aliphatic hydroxyl groups is 1. The second-order valence-corrected chi connectivity index (χ2v) is 3.03. The third-order valence-electron chi connectivity index (χ3n) is 2.33. The Kier molecular flexibility index (Phi) is 3.36. The van der Waals surface area contributed by atoms with Crippen LogP contribution in [0.4, 0.5) is 4.39 Å². The average molecular weight is 212 g/mol. The van der Waals surface area contributed by atoms with Crippen LogP contribution in [0.1, 0.15) is 13.8 Å². The Balaban J connectivity index is 3.30. The van der Waals surface area contributed by atoms with Gasteiger partial charge in [0.05, 0.1) is 5.57 Å². The van der Waals surface area contributed by atoms with Crippen molar-refractivity contribution in [1.82, 2.24) is 4.90 Å². The van der Waals surface area contributed by atoms with E-state index in [4.69, 9.17) is 0 Å². The van der Waals surface area contributed by atoms with Gasteiger partial charge < -0.3 is 10.0 Å². The lowest BCUT2D eigenvalue weighted by molar-refractivity contribution is -0.130. The largest absolute Gasteiger partial charge is 0.369 e. The van der Waals surface area contributed by atoms with Gasteiger partial charge in [0.15, 0.2) is 6.23 Å². The molecule has 0 aromatic carbocycles. The Hall–Kier alpha value is -1.49. The van der Waals surface area contributed by atoms with Crippen LogP contribution in [0, 0.1) is 0 Å². The van der Waals surface area contributed by atoms with Gasteiger partial charge in [0.25, 0.3) is 5.91 Å². The highest BCUT2D eigenvalue weighted by Crippen LogP contribution is 2.31. The standard InChI is InChI=1S/C10H13FN2O2/c1-4-6-7(8(11)12-3)10(15)13(5-2)9(6)14/h4,10,15H,3,5H2,1-2H3/b6-4+,8-7?. The van der Waals surface area contributed by atoms with Crippen LogP contribution < -0.4 is 0 Å². The molecule has 1 unspecified atom stereocenters. The number of carbonyl (C=O) groups is 1. The van der Waals surface area contributed by atoms with Crippen molar-refractivity contribution < 1.29 is 14.3 Å². The van der Waals surface area contributed by atoms with Crippen molar-refractivity contribution in [2.75, 3.05) is 6.54 Å². The van der Waals surface area contributed by atoms with E-state index in [1.54, 1.807) is 13.8 Å². The summed E-state index contributed by atoms with van der Waals surface area (Å²) in [5.41, 5.74) is 0.0496. The molecule has 1 atom stereocenters. The van der Waals surface area contributed by atoms with Gasteiger partial charge in [0.1, 0.15) is 0 Å². The van der Waals surface area contributed by atoms with Gasteiger partial charge >= 0.3 is 0 Å². The predicted octanol–water partition coefficient (Wildman–Crippen LogP) is 0.995. The molecule has 4 nitrogen and oxygen atoms in total. The molecule has 0 aromatic rings. The van der Waals surface area contributed by atoms with Crippen LogP contribution in [0.3, 0.4) is 0 Å². The van der Waals surface area contributed by atoms with Gasteiger partial charge in [-0.25, -0.2) is 4.99 Å². The van der Waals surface area contributed by atoms with Gasteiger partial charge in [-0.05, 0) is 20.6 Å². The summed E-state index contributed by atoms with van der Waals surface area (Å²) in [6.07, 6.45) is 0.195. The van der Waals surface area contributed by atoms with Crippen molar-refractivity contribution in [2.45, 2.75) is 20.1 Å². The smallest absolute Gasteiger partial charge is 0.256 e. The summed E-state index contributed by atoms with van der Waals surface area (Å²) in [6.45, 7) is 6.66. The van der Waals surface area contributed by atoms with Crippen LogP contribution in [-0.2, 0) is 4.79 Å².